The lowest BCUT2D eigenvalue weighted by Crippen LogP contribution is -2.65. The number of aldehydes is 1. The fourth-order valence-corrected chi connectivity index (χ4v) is 10.2. The van der Waals surface area contributed by atoms with Gasteiger partial charge in [-0.25, -0.2) is 0 Å². The summed E-state index contributed by atoms with van der Waals surface area (Å²) in [5.74, 6) is 3.38. The molecule has 31 heavy (non-hydrogen) atoms. The highest BCUT2D eigenvalue weighted by atomic mass is 16.1. The molecular weight excluding hydrogens is 380 g/mol. The average molecular weight is 429 g/mol. The highest BCUT2D eigenvalue weighted by Gasteiger charge is 2.68. The molecule has 4 rings (SSSR count). The molecule has 5 unspecified atom stereocenters. The van der Waals surface area contributed by atoms with E-state index in [0.717, 1.165) is 31.6 Å². The molecular formula is C29H48O2. The molecule has 176 valence electrons. The second-order valence-electron chi connectivity index (χ2n) is 13.0. The van der Waals surface area contributed by atoms with E-state index in [2.05, 4.69) is 41.5 Å². The number of rotatable bonds is 5. The smallest absolute Gasteiger partial charge is 0.139 e. The maximum absolute atomic E-state index is 13.1. The van der Waals surface area contributed by atoms with Gasteiger partial charge in [0.15, 0.2) is 0 Å². The molecule has 0 saturated heterocycles. The SMILES string of the molecule is CCCCC1C2CCC3[C@@]4(C)CCC(=O)C(C)(CC)C4CC[C@@]3(C)[C@]2(C)CC[C@@H]1C=O. The van der Waals surface area contributed by atoms with Crippen LogP contribution in [0.15, 0.2) is 0 Å². The van der Waals surface area contributed by atoms with Gasteiger partial charge in [-0.2, -0.15) is 0 Å². The van der Waals surface area contributed by atoms with Crippen LogP contribution in [0.4, 0.5) is 0 Å². The molecule has 4 saturated carbocycles. The Morgan fingerprint density at radius 3 is 2.26 bits per heavy atom. The van der Waals surface area contributed by atoms with Crippen molar-refractivity contribution in [2.45, 2.75) is 119 Å². The highest BCUT2D eigenvalue weighted by Crippen LogP contribution is 2.74. The summed E-state index contributed by atoms with van der Waals surface area (Å²) in [5, 5.41) is 0. The maximum Gasteiger partial charge on any atom is 0.139 e. The Kier molecular flexibility index (Phi) is 6.05. The standard InChI is InChI=1S/C29H48O2/c1-7-9-10-21-20(19-30)13-17-28(5)22(21)11-12-24-27(4)16-15-25(31)26(3,8-2)23(27)14-18-29(24,28)6/h19-24H,7-18H2,1-6H3/t20-,21?,22?,23?,24?,26?,27+,28-,29-/m1/s1. The van der Waals surface area contributed by atoms with E-state index in [9.17, 15) is 9.59 Å². The first-order valence-electron chi connectivity index (χ1n) is 13.6. The molecule has 0 heterocycles. The van der Waals surface area contributed by atoms with E-state index < -0.39 is 0 Å². The molecule has 0 aromatic heterocycles. The summed E-state index contributed by atoms with van der Waals surface area (Å²) < 4.78 is 0. The average Bonchev–Trinajstić information content (AvgIpc) is 2.75. The Balaban J connectivity index is 1.71. The lowest BCUT2D eigenvalue weighted by Gasteiger charge is -2.71. The molecule has 2 heteroatoms. The summed E-state index contributed by atoms with van der Waals surface area (Å²) in [5.41, 5.74) is 0.853. The summed E-state index contributed by atoms with van der Waals surface area (Å²) in [6, 6.07) is 0. The van der Waals surface area contributed by atoms with Crippen LogP contribution in [0.3, 0.4) is 0 Å². The molecule has 4 aliphatic carbocycles. The number of ketones is 1. The van der Waals surface area contributed by atoms with E-state index in [-0.39, 0.29) is 11.3 Å². The van der Waals surface area contributed by atoms with Gasteiger partial charge in [-0.3, -0.25) is 4.79 Å². The first kappa shape index (κ1) is 23.5. The van der Waals surface area contributed by atoms with Gasteiger partial charge >= 0.3 is 0 Å². The zero-order valence-corrected chi connectivity index (χ0v) is 21.3. The van der Waals surface area contributed by atoms with Crippen LogP contribution in [0.5, 0.6) is 0 Å². The van der Waals surface area contributed by atoms with Crippen molar-refractivity contribution < 1.29 is 9.59 Å². The molecule has 0 radical (unpaired) electrons. The molecule has 4 fully saturated rings. The number of unbranched alkanes of at least 4 members (excludes halogenated alkanes) is 1. The third kappa shape index (κ3) is 3.08. The summed E-state index contributed by atoms with van der Waals surface area (Å²) in [7, 11) is 0. The molecule has 0 bridgehead atoms. The Morgan fingerprint density at radius 1 is 0.903 bits per heavy atom. The van der Waals surface area contributed by atoms with Gasteiger partial charge in [-0.05, 0) is 97.7 Å². The number of carbonyl (C=O) groups excluding carboxylic acids is 2. The summed E-state index contributed by atoms with van der Waals surface area (Å²) in [6.45, 7) is 14.7. The fraction of sp³-hybridized carbons (Fsp3) is 0.931. The topological polar surface area (TPSA) is 34.1 Å². The van der Waals surface area contributed by atoms with Crippen LogP contribution in [0.2, 0.25) is 0 Å². The third-order valence-corrected chi connectivity index (χ3v) is 12.4. The second kappa shape index (κ2) is 7.98. The van der Waals surface area contributed by atoms with E-state index in [1.807, 2.05) is 0 Å². The van der Waals surface area contributed by atoms with Gasteiger partial charge in [0.1, 0.15) is 12.1 Å². The van der Waals surface area contributed by atoms with Gasteiger partial charge < -0.3 is 4.79 Å². The van der Waals surface area contributed by atoms with Crippen molar-refractivity contribution in [2.24, 2.45) is 51.2 Å². The minimum Gasteiger partial charge on any atom is -0.303 e. The van der Waals surface area contributed by atoms with E-state index >= 15 is 0 Å². The van der Waals surface area contributed by atoms with Crippen LogP contribution < -0.4 is 0 Å². The molecule has 0 aromatic carbocycles. The quantitative estimate of drug-likeness (QED) is 0.422. The monoisotopic (exact) mass is 428 g/mol. The van der Waals surface area contributed by atoms with Crippen LogP contribution in [0.1, 0.15) is 119 Å². The Labute approximate surface area is 191 Å². The number of Topliss-reactive ketones (excluding diaryl/α,β-unsaturated/α-hetero) is 1. The molecule has 0 aliphatic heterocycles. The number of carbonyl (C=O) groups is 2. The van der Waals surface area contributed by atoms with Gasteiger partial charge in [0.25, 0.3) is 0 Å². The number of hydrogen-bond acceptors (Lipinski definition) is 2. The molecule has 0 aromatic rings. The Hall–Kier alpha value is -0.660. The first-order chi connectivity index (χ1) is 14.6. The maximum atomic E-state index is 13.1. The first-order valence-corrected chi connectivity index (χ1v) is 13.6. The molecule has 2 nitrogen and oxygen atoms in total. The van der Waals surface area contributed by atoms with Crippen molar-refractivity contribution in [2.75, 3.05) is 0 Å². The second-order valence-corrected chi connectivity index (χ2v) is 13.0. The summed E-state index contributed by atoms with van der Waals surface area (Å²) in [4.78, 5) is 25.1. The van der Waals surface area contributed by atoms with E-state index in [1.165, 1.54) is 57.7 Å². The molecule has 0 spiro atoms. The molecule has 4 aliphatic rings. The predicted octanol–water partition coefficient (Wildman–Crippen LogP) is 7.64. The van der Waals surface area contributed by atoms with Gasteiger partial charge in [0.05, 0.1) is 0 Å². The van der Waals surface area contributed by atoms with Crippen LogP contribution in [-0.2, 0) is 9.59 Å². The normalized spacial score (nSPS) is 52.1. The molecule has 9 atom stereocenters. The third-order valence-electron chi connectivity index (χ3n) is 12.4. The van der Waals surface area contributed by atoms with Crippen LogP contribution in [0.25, 0.3) is 0 Å². The van der Waals surface area contributed by atoms with E-state index in [4.69, 9.17) is 0 Å². The van der Waals surface area contributed by atoms with Gasteiger partial charge in [0.2, 0.25) is 0 Å². The van der Waals surface area contributed by atoms with Gasteiger partial charge in [0, 0.05) is 17.8 Å². The predicted molar refractivity (Wildman–Crippen MR) is 128 cm³/mol. The van der Waals surface area contributed by atoms with Crippen molar-refractivity contribution in [1.82, 2.24) is 0 Å². The van der Waals surface area contributed by atoms with Crippen molar-refractivity contribution in [3.63, 3.8) is 0 Å². The van der Waals surface area contributed by atoms with Gasteiger partial charge in [-0.1, -0.05) is 54.4 Å². The van der Waals surface area contributed by atoms with E-state index in [1.54, 1.807) is 0 Å². The van der Waals surface area contributed by atoms with Crippen molar-refractivity contribution in [3.05, 3.63) is 0 Å². The van der Waals surface area contributed by atoms with Gasteiger partial charge in [-0.15, -0.1) is 0 Å². The van der Waals surface area contributed by atoms with Crippen molar-refractivity contribution in [3.8, 4) is 0 Å². The minimum absolute atomic E-state index is 0.120. The zero-order chi connectivity index (χ0) is 22.7. The summed E-state index contributed by atoms with van der Waals surface area (Å²) in [6.07, 6.45) is 15.4. The largest absolute Gasteiger partial charge is 0.303 e. The van der Waals surface area contributed by atoms with Crippen LogP contribution in [-0.4, -0.2) is 12.1 Å². The zero-order valence-electron chi connectivity index (χ0n) is 21.3. The lowest BCUT2D eigenvalue weighted by atomic mass is 9.33. The molecule has 0 amide bonds. The van der Waals surface area contributed by atoms with Crippen molar-refractivity contribution in [1.29, 1.82) is 0 Å². The lowest BCUT2D eigenvalue weighted by molar-refractivity contribution is -0.226. The van der Waals surface area contributed by atoms with Crippen LogP contribution in [0, 0.1) is 51.2 Å². The molecule has 0 N–H and O–H groups in total. The number of fused-ring (bicyclic) bond motifs is 5. The van der Waals surface area contributed by atoms with E-state index in [0.29, 0.717) is 39.8 Å². The summed E-state index contributed by atoms with van der Waals surface area (Å²) >= 11 is 0. The number of hydrogen-bond donors (Lipinski definition) is 0. The van der Waals surface area contributed by atoms with Crippen LogP contribution >= 0.6 is 0 Å². The fourth-order valence-electron chi connectivity index (χ4n) is 10.2. The van der Waals surface area contributed by atoms with Crippen molar-refractivity contribution >= 4 is 12.1 Å². The Morgan fingerprint density at radius 2 is 1.61 bits per heavy atom. The Bertz CT molecular complexity index is 714. The highest BCUT2D eigenvalue weighted by molar-refractivity contribution is 5.86. The minimum atomic E-state index is -0.120.